The maximum absolute atomic E-state index is 10.6. The van der Waals surface area contributed by atoms with Crippen LogP contribution in [0.3, 0.4) is 0 Å². The van der Waals surface area contributed by atoms with Gasteiger partial charge in [0.15, 0.2) is 14.1 Å². The van der Waals surface area contributed by atoms with Crippen LogP contribution in [0.25, 0.3) is 0 Å². The summed E-state index contributed by atoms with van der Waals surface area (Å²) < 4.78 is 20.4. The highest BCUT2D eigenvalue weighted by Crippen LogP contribution is 2.16. The normalized spacial score (nSPS) is 13.7. The number of ether oxygens (including phenoxy) is 1. The Morgan fingerprint density at radius 1 is 1.35 bits per heavy atom. The minimum Gasteiger partial charge on any atom is -0.447 e. The van der Waals surface area contributed by atoms with Gasteiger partial charge >= 0.3 is 5.97 Å². The van der Waals surface area contributed by atoms with Crippen LogP contribution >= 0.6 is 8.03 Å². The van der Waals surface area contributed by atoms with Crippen molar-refractivity contribution < 1.29 is 18.6 Å². The molecule has 0 aromatic carbocycles. The van der Waals surface area contributed by atoms with Gasteiger partial charge in [0.25, 0.3) is 0 Å². The molecule has 0 spiro atoms. The van der Waals surface area contributed by atoms with E-state index in [9.17, 15) is 9.36 Å². The van der Waals surface area contributed by atoms with E-state index in [0.29, 0.717) is 13.0 Å². The van der Waals surface area contributed by atoms with Crippen molar-refractivity contribution in [2.45, 2.75) is 45.1 Å². The third-order valence-corrected chi connectivity index (χ3v) is 2.73. The Balaban J connectivity index is 3.40. The highest BCUT2D eigenvalue weighted by Gasteiger charge is 2.09. The standard InChI is InChI=1S/C11H20NO4P/c1-10(13)16-11(9-12)7-5-3-4-6-8-15-17(2)14/h11,17H,3-8H2,1-2H3. The molecule has 0 aromatic rings. The predicted octanol–water partition coefficient (Wildman–Crippen LogP) is 2.51. The van der Waals surface area contributed by atoms with E-state index in [1.54, 1.807) is 6.66 Å². The second-order valence-electron chi connectivity index (χ2n) is 3.77. The lowest BCUT2D eigenvalue weighted by atomic mass is 10.1. The summed E-state index contributed by atoms with van der Waals surface area (Å²) in [7, 11) is -1.81. The van der Waals surface area contributed by atoms with Crippen LogP contribution in [-0.2, 0) is 18.6 Å². The van der Waals surface area contributed by atoms with Gasteiger partial charge in [0.2, 0.25) is 0 Å². The van der Waals surface area contributed by atoms with Crippen LogP contribution < -0.4 is 0 Å². The zero-order valence-corrected chi connectivity index (χ0v) is 11.4. The minimum atomic E-state index is -1.81. The van der Waals surface area contributed by atoms with Crippen molar-refractivity contribution in [1.82, 2.24) is 0 Å². The van der Waals surface area contributed by atoms with Gasteiger partial charge < -0.3 is 9.26 Å². The van der Waals surface area contributed by atoms with Gasteiger partial charge in [-0.05, 0) is 19.3 Å². The summed E-state index contributed by atoms with van der Waals surface area (Å²) in [5.74, 6) is -0.419. The van der Waals surface area contributed by atoms with Gasteiger partial charge in [0.1, 0.15) is 6.07 Å². The number of nitriles is 1. The van der Waals surface area contributed by atoms with Gasteiger partial charge in [-0.3, -0.25) is 9.36 Å². The summed E-state index contributed by atoms with van der Waals surface area (Å²) in [4.78, 5) is 10.6. The lowest BCUT2D eigenvalue weighted by Gasteiger charge is -2.08. The van der Waals surface area contributed by atoms with Crippen molar-refractivity contribution in [1.29, 1.82) is 5.26 Å². The van der Waals surface area contributed by atoms with Crippen molar-refractivity contribution in [3.8, 4) is 6.07 Å². The molecule has 0 N–H and O–H groups in total. The first-order valence-corrected chi connectivity index (χ1v) is 7.58. The molecule has 0 saturated heterocycles. The Morgan fingerprint density at radius 3 is 2.53 bits per heavy atom. The molecule has 0 saturated carbocycles. The van der Waals surface area contributed by atoms with E-state index in [1.165, 1.54) is 6.92 Å². The Morgan fingerprint density at radius 2 is 2.00 bits per heavy atom. The van der Waals surface area contributed by atoms with Crippen LogP contribution in [0.15, 0.2) is 0 Å². The van der Waals surface area contributed by atoms with Crippen LogP contribution in [0.2, 0.25) is 0 Å². The molecular formula is C11H20NO4P. The van der Waals surface area contributed by atoms with Gasteiger partial charge in [-0.2, -0.15) is 5.26 Å². The Hall–Kier alpha value is -0.850. The molecular weight excluding hydrogens is 241 g/mol. The lowest BCUT2D eigenvalue weighted by Crippen LogP contribution is -2.13. The Kier molecular flexibility index (Phi) is 9.80. The molecule has 0 amide bonds. The minimum absolute atomic E-state index is 0.419. The van der Waals surface area contributed by atoms with Crippen molar-refractivity contribution in [2.75, 3.05) is 13.3 Å². The molecule has 0 bridgehead atoms. The summed E-state index contributed by atoms with van der Waals surface area (Å²) in [6, 6.07) is 1.95. The number of rotatable bonds is 9. The monoisotopic (exact) mass is 261 g/mol. The van der Waals surface area contributed by atoms with E-state index in [4.69, 9.17) is 14.5 Å². The molecule has 2 atom stereocenters. The molecule has 0 aliphatic carbocycles. The average molecular weight is 261 g/mol. The van der Waals surface area contributed by atoms with E-state index in [1.807, 2.05) is 6.07 Å². The Labute approximate surface area is 103 Å². The van der Waals surface area contributed by atoms with Crippen molar-refractivity contribution in [3.05, 3.63) is 0 Å². The first kappa shape index (κ1) is 16.1. The highest BCUT2D eigenvalue weighted by atomic mass is 31.1. The number of carbonyl (C=O) groups excluding carboxylic acids is 1. The largest absolute Gasteiger partial charge is 0.447 e. The number of hydrogen-bond acceptors (Lipinski definition) is 5. The number of carbonyl (C=O) groups is 1. The second-order valence-corrected chi connectivity index (χ2v) is 5.04. The molecule has 6 heteroatoms. The molecule has 0 rings (SSSR count). The fourth-order valence-electron chi connectivity index (χ4n) is 1.35. The van der Waals surface area contributed by atoms with Crippen LogP contribution in [0.1, 0.15) is 39.0 Å². The van der Waals surface area contributed by atoms with Gasteiger partial charge in [0.05, 0.1) is 6.61 Å². The van der Waals surface area contributed by atoms with E-state index in [2.05, 4.69) is 0 Å². The molecule has 0 aliphatic rings. The first-order valence-electron chi connectivity index (χ1n) is 5.76. The van der Waals surface area contributed by atoms with Crippen LogP contribution in [0.5, 0.6) is 0 Å². The smallest absolute Gasteiger partial charge is 0.303 e. The summed E-state index contributed by atoms with van der Waals surface area (Å²) in [6.45, 7) is 3.40. The van der Waals surface area contributed by atoms with E-state index in [-0.39, 0.29) is 0 Å². The molecule has 0 radical (unpaired) electrons. The maximum Gasteiger partial charge on any atom is 0.303 e. The molecule has 0 aliphatic heterocycles. The van der Waals surface area contributed by atoms with Gasteiger partial charge in [-0.25, -0.2) is 0 Å². The number of nitrogens with zero attached hydrogens (tertiary/aromatic N) is 1. The fraction of sp³-hybridized carbons (Fsp3) is 0.818. The lowest BCUT2D eigenvalue weighted by molar-refractivity contribution is -0.144. The fourth-order valence-corrected chi connectivity index (χ4v) is 1.78. The van der Waals surface area contributed by atoms with Crippen LogP contribution in [0, 0.1) is 11.3 Å². The van der Waals surface area contributed by atoms with Crippen molar-refractivity contribution >= 4 is 14.0 Å². The molecule has 17 heavy (non-hydrogen) atoms. The molecule has 5 nitrogen and oxygen atoms in total. The van der Waals surface area contributed by atoms with Crippen LogP contribution in [0.4, 0.5) is 0 Å². The topological polar surface area (TPSA) is 76.4 Å². The summed E-state index contributed by atoms with van der Waals surface area (Å²) >= 11 is 0. The Bertz CT molecular complexity index is 288. The summed E-state index contributed by atoms with van der Waals surface area (Å²) in [5.41, 5.74) is 0. The second kappa shape index (κ2) is 10.3. The van der Waals surface area contributed by atoms with E-state index in [0.717, 1.165) is 25.7 Å². The first-order chi connectivity index (χ1) is 8.06. The molecule has 0 aromatic heterocycles. The highest BCUT2D eigenvalue weighted by molar-refractivity contribution is 7.38. The summed E-state index contributed by atoms with van der Waals surface area (Å²) in [5, 5.41) is 8.70. The molecule has 2 unspecified atom stereocenters. The van der Waals surface area contributed by atoms with Gasteiger partial charge in [-0.15, -0.1) is 0 Å². The third kappa shape index (κ3) is 11.4. The van der Waals surface area contributed by atoms with Crippen molar-refractivity contribution in [3.63, 3.8) is 0 Å². The van der Waals surface area contributed by atoms with E-state index >= 15 is 0 Å². The average Bonchev–Trinajstić information content (AvgIpc) is 2.25. The third-order valence-electron chi connectivity index (χ3n) is 2.12. The number of unbranched alkanes of at least 4 members (excludes halogenated alkanes) is 3. The quantitative estimate of drug-likeness (QED) is 0.362. The molecule has 98 valence electrons. The zero-order chi connectivity index (χ0) is 13.1. The van der Waals surface area contributed by atoms with E-state index < -0.39 is 20.1 Å². The predicted molar refractivity (Wildman–Crippen MR) is 65.1 cm³/mol. The van der Waals surface area contributed by atoms with Gasteiger partial charge in [0, 0.05) is 13.6 Å². The van der Waals surface area contributed by atoms with Crippen LogP contribution in [-0.4, -0.2) is 25.3 Å². The number of hydrogen-bond donors (Lipinski definition) is 0. The zero-order valence-electron chi connectivity index (χ0n) is 10.4. The SMILES string of the molecule is CC(=O)OC(C#N)CCCCCCO[PH](C)=O. The van der Waals surface area contributed by atoms with Crippen molar-refractivity contribution in [2.24, 2.45) is 0 Å². The molecule has 0 fully saturated rings. The number of esters is 1. The van der Waals surface area contributed by atoms with Gasteiger partial charge in [-0.1, -0.05) is 12.8 Å². The summed E-state index contributed by atoms with van der Waals surface area (Å²) in [6.07, 6.45) is 3.57. The maximum atomic E-state index is 10.6. The molecule has 0 heterocycles.